The van der Waals surface area contributed by atoms with Crippen LogP contribution in [0.3, 0.4) is 0 Å². The first-order chi connectivity index (χ1) is 9.56. The van der Waals surface area contributed by atoms with Crippen molar-refractivity contribution >= 4 is 27.5 Å². The lowest BCUT2D eigenvalue weighted by molar-refractivity contribution is 0.171. The Kier molecular flexibility index (Phi) is 5.25. The third-order valence-corrected chi connectivity index (χ3v) is 4.34. The molecule has 8 heteroatoms. The summed E-state index contributed by atoms with van der Waals surface area (Å²) < 4.78 is 11.5. The zero-order chi connectivity index (χ0) is 14.7. The molecule has 0 radical (unpaired) electrons. The van der Waals surface area contributed by atoms with Crippen LogP contribution in [-0.4, -0.2) is 38.2 Å². The molecule has 0 aliphatic heterocycles. The molecule has 1 atom stereocenters. The van der Waals surface area contributed by atoms with E-state index in [1.165, 1.54) is 11.5 Å². The minimum atomic E-state index is -0.791. The predicted octanol–water partition coefficient (Wildman–Crippen LogP) is 2.35. The van der Waals surface area contributed by atoms with Crippen molar-refractivity contribution < 1.29 is 9.84 Å². The molecule has 0 aromatic carbocycles. The summed E-state index contributed by atoms with van der Waals surface area (Å²) >= 11 is 4.66. The highest BCUT2D eigenvalue weighted by Gasteiger charge is 2.25. The predicted molar refractivity (Wildman–Crippen MR) is 79.9 cm³/mol. The van der Waals surface area contributed by atoms with Gasteiger partial charge in [-0.1, -0.05) is 18.3 Å². The van der Waals surface area contributed by atoms with Gasteiger partial charge >= 0.3 is 0 Å². The number of aliphatic hydroxyl groups excluding tert-OH is 1. The van der Waals surface area contributed by atoms with E-state index in [0.29, 0.717) is 18.8 Å². The van der Waals surface area contributed by atoms with E-state index in [4.69, 9.17) is 4.74 Å². The van der Waals surface area contributed by atoms with E-state index in [0.717, 1.165) is 15.0 Å². The van der Waals surface area contributed by atoms with Crippen LogP contribution in [0.1, 0.15) is 42.1 Å². The summed E-state index contributed by atoms with van der Waals surface area (Å²) in [5, 5.41) is 19.0. The molecule has 0 bridgehead atoms. The Morgan fingerprint density at radius 1 is 1.50 bits per heavy atom. The second-order valence-electron chi connectivity index (χ2n) is 4.67. The molecule has 0 spiro atoms. The van der Waals surface area contributed by atoms with Crippen LogP contribution in [0.4, 0.5) is 0 Å². The number of hydrogen-bond donors (Lipinski definition) is 1. The van der Waals surface area contributed by atoms with E-state index in [9.17, 15) is 5.11 Å². The molecule has 1 unspecified atom stereocenters. The molecule has 20 heavy (non-hydrogen) atoms. The number of aromatic nitrogens is 4. The van der Waals surface area contributed by atoms with Crippen molar-refractivity contribution in [1.29, 1.82) is 0 Å². The van der Waals surface area contributed by atoms with Gasteiger partial charge in [0.25, 0.3) is 0 Å². The maximum Gasteiger partial charge on any atom is 0.134 e. The van der Waals surface area contributed by atoms with E-state index in [-0.39, 0.29) is 5.92 Å². The molecule has 0 aliphatic carbocycles. The molecule has 2 aromatic heterocycles. The fourth-order valence-corrected chi connectivity index (χ4v) is 3.23. The quantitative estimate of drug-likeness (QED) is 0.855. The second-order valence-corrected chi connectivity index (χ2v) is 6.31. The zero-order valence-electron chi connectivity index (χ0n) is 11.6. The summed E-state index contributed by atoms with van der Waals surface area (Å²) in [5.74, 6) is 0.215. The molecule has 0 saturated carbocycles. The largest absolute Gasteiger partial charge is 0.383 e. The summed E-state index contributed by atoms with van der Waals surface area (Å²) in [6.07, 6.45) is 0.888. The Balaban J connectivity index is 2.35. The van der Waals surface area contributed by atoms with Gasteiger partial charge in [0, 0.05) is 7.11 Å². The summed E-state index contributed by atoms with van der Waals surface area (Å²) in [6, 6.07) is 0. The maximum absolute atomic E-state index is 10.7. The van der Waals surface area contributed by atoms with Crippen molar-refractivity contribution in [3.63, 3.8) is 0 Å². The molecular weight excluding hydrogens is 344 g/mol. The lowest BCUT2D eigenvalue weighted by Crippen LogP contribution is -2.14. The van der Waals surface area contributed by atoms with Crippen LogP contribution in [0.5, 0.6) is 0 Å². The van der Waals surface area contributed by atoms with Crippen LogP contribution in [-0.2, 0) is 11.3 Å². The fourth-order valence-electron chi connectivity index (χ4n) is 1.92. The Hall–Kier alpha value is -0.830. The van der Waals surface area contributed by atoms with Crippen molar-refractivity contribution in [3.05, 3.63) is 26.9 Å². The lowest BCUT2D eigenvalue weighted by atomic mass is 10.1. The van der Waals surface area contributed by atoms with Gasteiger partial charge in [-0.3, -0.25) is 4.68 Å². The first kappa shape index (κ1) is 15.6. The average Bonchev–Trinajstić information content (AvgIpc) is 3.02. The molecular formula is C12H17BrN4O2S. The standard InChI is InChI=1S/C12H17BrN4O2S/c1-7(2)9-12(20-16-15-9)11(18)10-8(13)6-14-17(10)4-5-19-3/h6-7,11,18H,4-5H2,1-3H3. The van der Waals surface area contributed by atoms with Crippen molar-refractivity contribution in [2.75, 3.05) is 13.7 Å². The second kappa shape index (κ2) is 6.75. The third kappa shape index (κ3) is 3.08. The summed E-state index contributed by atoms with van der Waals surface area (Å²) in [4.78, 5) is 0.764. The molecule has 110 valence electrons. The highest BCUT2D eigenvalue weighted by atomic mass is 79.9. The number of rotatable bonds is 6. The third-order valence-electron chi connectivity index (χ3n) is 2.93. The Bertz CT molecular complexity index is 570. The SMILES string of the molecule is COCCn1ncc(Br)c1C(O)c1snnc1C(C)C. The zero-order valence-corrected chi connectivity index (χ0v) is 14.0. The van der Waals surface area contributed by atoms with Gasteiger partial charge in [0.15, 0.2) is 0 Å². The van der Waals surface area contributed by atoms with E-state index in [1.54, 1.807) is 18.0 Å². The number of aliphatic hydroxyl groups is 1. The lowest BCUT2D eigenvalue weighted by Gasteiger charge is -2.14. The topological polar surface area (TPSA) is 73.1 Å². The fraction of sp³-hybridized carbons (Fsp3) is 0.583. The molecule has 0 aliphatic rings. The normalized spacial score (nSPS) is 13.1. The van der Waals surface area contributed by atoms with E-state index in [2.05, 4.69) is 30.6 Å². The molecule has 0 saturated heterocycles. The van der Waals surface area contributed by atoms with E-state index < -0.39 is 6.10 Å². The summed E-state index contributed by atoms with van der Waals surface area (Å²) in [7, 11) is 1.64. The number of methoxy groups -OCH3 is 1. The van der Waals surface area contributed by atoms with Gasteiger partial charge in [0.1, 0.15) is 6.10 Å². The number of hydrogen-bond acceptors (Lipinski definition) is 6. The summed E-state index contributed by atoms with van der Waals surface area (Å²) in [5.41, 5.74) is 1.53. The molecule has 2 rings (SSSR count). The number of nitrogens with zero attached hydrogens (tertiary/aromatic N) is 4. The van der Waals surface area contributed by atoms with Gasteiger partial charge in [-0.15, -0.1) is 5.10 Å². The molecule has 6 nitrogen and oxygen atoms in total. The first-order valence-electron chi connectivity index (χ1n) is 6.26. The highest BCUT2D eigenvalue weighted by molar-refractivity contribution is 9.10. The number of halogens is 1. The van der Waals surface area contributed by atoms with Crippen LogP contribution in [0.2, 0.25) is 0 Å². The van der Waals surface area contributed by atoms with Gasteiger partial charge in [0.05, 0.1) is 40.1 Å². The van der Waals surface area contributed by atoms with Crippen LogP contribution in [0, 0.1) is 0 Å². The Morgan fingerprint density at radius 3 is 2.90 bits per heavy atom. The van der Waals surface area contributed by atoms with Crippen LogP contribution < -0.4 is 0 Å². The first-order valence-corrected chi connectivity index (χ1v) is 7.83. The van der Waals surface area contributed by atoms with Crippen molar-refractivity contribution in [1.82, 2.24) is 19.4 Å². The Morgan fingerprint density at radius 2 is 2.25 bits per heavy atom. The minimum Gasteiger partial charge on any atom is -0.383 e. The molecule has 0 fully saturated rings. The van der Waals surface area contributed by atoms with Crippen molar-refractivity contribution in [2.45, 2.75) is 32.4 Å². The van der Waals surface area contributed by atoms with E-state index >= 15 is 0 Å². The van der Waals surface area contributed by atoms with Crippen molar-refractivity contribution in [2.24, 2.45) is 0 Å². The van der Waals surface area contributed by atoms with Crippen LogP contribution in [0.25, 0.3) is 0 Å². The van der Waals surface area contributed by atoms with Gasteiger partial charge in [-0.2, -0.15) is 5.10 Å². The van der Waals surface area contributed by atoms with Crippen LogP contribution in [0.15, 0.2) is 10.7 Å². The minimum absolute atomic E-state index is 0.215. The molecule has 0 amide bonds. The van der Waals surface area contributed by atoms with Crippen molar-refractivity contribution in [3.8, 4) is 0 Å². The highest BCUT2D eigenvalue weighted by Crippen LogP contribution is 2.34. The van der Waals surface area contributed by atoms with Gasteiger partial charge in [-0.05, 0) is 33.4 Å². The maximum atomic E-state index is 10.7. The molecule has 2 aromatic rings. The monoisotopic (exact) mass is 360 g/mol. The van der Waals surface area contributed by atoms with Gasteiger partial charge in [-0.25, -0.2) is 0 Å². The van der Waals surface area contributed by atoms with Gasteiger partial charge in [0.2, 0.25) is 0 Å². The molecule has 1 N–H and O–H groups in total. The average molecular weight is 361 g/mol. The Labute approximate surface area is 130 Å². The summed E-state index contributed by atoms with van der Waals surface area (Å²) in [6.45, 7) is 5.18. The van der Waals surface area contributed by atoms with E-state index in [1.807, 2.05) is 13.8 Å². The van der Waals surface area contributed by atoms with Gasteiger partial charge < -0.3 is 9.84 Å². The number of ether oxygens (including phenoxy) is 1. The molecule has 2 heterocycles. The smallest absolute Gasteiger partial charge is 0.134 e. The van der Waals surface area contributed by atoms with Crippen LogP contribution >= 0.6 is 27.5 Å².